The molecule has 1 heterocycles. The largest absolute Gasteiger partial charge is 0.481 e. The van der Waals surface area contributed by atoms with E-state index < -0.39 is 5.97 Å². The molecule has 0 aliphatic carbocycles. The molecule has 0 aromatic heterocycles. The summed E-state index contributed by atoms with van der Waals surface area (Å²) >= 11 is 0. The zero-order valence-electron chi connectivity index (χ0n) is 12.2. The lowest BCUT2D eigenvalue weighted by atomic mass is 10.1. The highest BCUT2D eigenvalue weighted by molar-refractivity contribution is 5.81. The van der Waals surface area contributed by atoms with E-state index in [1.54, 1.807) is 0 Å². The van der Waals surface area contributed by atoms with Crippen molar-refractivity contribution in [2.75, 3.05) is 6.54 Å². The molecule has 1 saturated heterocycles. The van der Waals surface area contributed by atoms with Gasteiger partial charge in [0.15, 0.2) is 0 Å². The molecule has 19 heavy (non-hydrogen) atoms. The number of carboxylic acids is 1. The van der Waals surface area contributed by atoms with Crippen LogP contribution in [0, 0.1) is 0 Å². The summed E-state index contributed by atoms with van der Waals surface area (Å²) in [5.74, 6) is -0.776. The number of nitrogens with one attached hydrogen (secondary N) is 1. The molecule has 0 bridgehead atoms. The minimum absolute atomic E-state index is 0.000249. The first kappa shape index (κ1) is 16.0. The summed E-state index contributed by atoms with van der Waals surface area (Å²) < 4.78 is 0. The number of aliphatic carboxylic acids is 1. The lowest BCUT2D eigenvalue weighted by Crippen LogP contribution is -2.49. The lowest BCUT2D eigenvalue weighted by molar-refractivity contribution is -0.139. The van der Waals surface area contributed by atoms with Crippen molar-refractivity contribution in [2.24, 2.45) is 0 Å². The first-order valence-electron chi connectivity index (χ1n) is 7.23. The van der Waals surface area contributed by atoms with E-state index in [-0.39, 0.29) is 30.5 Å². The quantitative estimate of drug-likeness (QED) is 0.737. The number of likely N-dealkylation sites (tertiary alicyclic amines) is 1. The molecule has 0 aromatic rings. The van der Waals surface area contributed by atoms with Crippen LogP contribution in [0.2, 0.25) is 0 Å². The van der Waals surface area contributed by atoms with Gasteiger partial charge in [-0.05, 0) is 39.7 Å². The molecule has 3 atom stereocenters. The fraction of sp³-hybridized carbons (Fsp3) is 0.857. The summed E-state index contributed by atoms with van der Waals surface area (Å²) in [7, 11) is 0. The van der Waals surface area contributed by atoms with E-state index in [9.17, 15) is 9.59 Å². The standard InChI is InChI=1S/C14H26N2O3/c1-4-6-10(2)15-14(19)11(3)16-8-5-7-12(16)9-13(17)18/h10-12H,4-9H2,1-3H3,(H,15,19)(H,17,18). The average Bonchev–Trinajstić information content (AvgIpc) is 2.75. The van der Waals surface area contributed by atoms with E-state index in [0.29, 0.717) is 0 Å². The second kappa shape index (κ2) is 7.48. The fourth-order valence-corrected chi connectivity index (χ4v) is 2.81. The summed E-state index contributed by atoms with van der Waals surface area (Å²) in [4.78, 5) is 25.0. The van der Waals surface area contributed by atoms with Crippen LogP contribution in [0.15, 0.2) is 0 Å². The summed E-state index contributed by atoms with van der Waals surface area (Å²) in [6.45, 7) is 6.78. The molecular weight excluding hydrogens is 244 g/mol. The Bertz CT molecular complexity index is 320. The number of amides is 1. The van der Waals surface area contributed by atoms with Crippen LogP contribution in [-0.2, 0) is 9.59 Å². The molecule has 3 unspecified atom stereocenters. The minimum atomic E-state index is -0.788. The van der Waals surface area contributed by atoms with Crippen LogP contribution in [0.4, 0.5) is 0 Å². The normalized spacial score (nSPS) is 23.0. The Morgan fingerprint density at radius 1 is 1.42 bits per heavy atom. The van der Waals surface area contributed by atoms with Crippen LogP contribution in [0.1, 0.15) is 52.9 Å². The van der Waals surface area contributed by atoms with Gasteiger partial charge in [0.25, 0.3) is 0 Å². The third kappa shape index (κ3) is 4.82. The second-order valence-corrected chi connectivity index (χ2v) is 5.51. The van der Waals surface area contributed by atoms with E-state index >= 15 is 0 Å². The molecular formula is C14H26N2O3. The van der Waals surface area contributed by atoms with Crippen molar-refractivity contribution in [2.45, 2.75) is 71.0 Å². The Labute approximate surface area is 115 Å². The van der Waals surface area contributed by atoms with Gasteiger partial charge in [-0.3, -0.25) is 14.5 Å². The first-order valence-corrected chi connectivity index (χ1v) is 7.23. The molecule has 110 valence electrons. The monoisotopic (exact) mass is 270 g/mol. The van der Waals surface area contributed by atoms with E-state index in [0.717, 1.165) is 32.2 Å². The molecule has 1 amide bonds. The number of rotatable bonds is 7. The number of carboxylic acid groups (broad SMARTS) is 1. The van der Waals surface area contributed by atoms with Crippen LogP contribution in [0.5, 0.6) is 0 Å². The number of hydrogen-bond donors (Lipinski definition) is 2. The van der Waals surface area contributed by atoms with Crippen molar-refractivity contribution in [1.29, 1.82) is 0 Å². The molecule has 0 aromatic carbocycles. The predicted molar refractivity (Wildman–Crippen MR) is 74.0 cm³/mol. The number of carbonyl (C=O) groups excluding carboxylic acids is 1. The van der Waals surface area contributed by atoms with E-state index in [1.807, 2.05) is 18.7 Å². The van der Waals surface area contributed by atoms with Gasteiger partial charge < -0.3 is 10.4 Å². The van der Waals surface area contributed by atoms with Crippen molar-refractivity contribution < 1.29 is 14.7 Å². The summed E-state index contributed by atoms with van der Waals surface area (Å²) in [6, 6.07) is -0.0636. The van der Waals surface area contributed by atoms with Gasteiger partial charge in [0.2, 0.25) is 5.91 Å². The molecule has 5 nitrogen and oxygen atoms in total. The highest BCUT2D eigenvalue weighted by Crippen LogP contribution is 2.22. The molecule has 1 fully saturated rings. The van der Waals surface area contributed by atoms with Gasteiger partial charge in [0.05, 0.1) is 12.5 Å². The zero-order valence-corrected chi connectivity index (χ0v) is 12.2. The van der Waals surface area contributed by atoms with Crippen LogP contribution in [0.3, 0.4) is 0 Å². The van der Waals surface area contributed by atoms with E-state index in [2.05, 4.69) is 12.2 Å². The van der Waals surface area contributed by atoms with Gasteiger partial charge >= 0.3 is 5.97 Å². The molecule has 0 saturated carbocycles. The Morgan fingerprint density at radius 2 is 2.11 bits per heavy atom. The third-order valence-corrected chi connectivity index (χ3v) is 3.82. The molecule has 2 N–H and O–H groups in total. The highest BCUT2D eigenvalue weighted by atomic mass is 16.4. The topological polar surface area (TPSA) is 69.6 Å². The SMILES string of the molecule is CCCC(C)NC(=O)C(C)N1CCCC1CC(=O)O. The molecule has 1 rings (SSSR count). The van der Waals surface area contributed by atoms with Gasteiger partial charge in [0.1, 0.15) is 0 Å². The molecule has 1 aliphatic heterocycles. The maximum atomic E-state index is 12.1. The number of carbonyl (C=O) groups is 2. The Kier molecular flexibility index (Phi) is 6.28. The van der Waals surface area contributed by atoms with Crippen LogP contribution in [-0.4, -0.2) is 46.6 Å². The second-order valence-electron chi connectivity index (χ2n) is 5.51. The van der Waals surface area contributed by atoms with Crippen molar-refractivity contribution in [3.05, 3.63) is 0 Å². The predicted octanol–water partition coefficient (Wildman–Crippen LogP) is 1.62. The highest BCUT2D eigenvalue weighted by Gasteiger charge is 2.33. The van der Waals surface area contributed by atoms with Gasteiger partial charge in [-0.25, -0.2) is 0 Å². The van der Waals surface area contributed by atoms with Gasteiger partial charge in [-0.1, -0.05) is 13.3 Å². The Hall–Kier alpha value is -1.10. The van der Waals surface area contributed by atoms with Gasteiger partial charge in [0, 0.05) is 12.1 Å². The van der Waals surface area contributed by atoms with Crippen molar-refractivity contribution in [3.8, 4) is 0 Å². The summed E-state index contributed by atoms with van der Waals surface area (Å²) in [5.41, 5.74) is 0. The molecule has 1 aliphatic rings. The molecule has 0 spiro atoms. The molecule has 0 radical (unpaired) electrons. The van der Waals surface area contributed by atoms with Crippen molar-refractivity contribution in [1.82, 2.24) is 10.2 Å². The Balaban J connectivity index is 2.52. The lowest BCUT2D eigenvalue weighted by Gasteiger charge is -2.29. The van der Waals surface area contributed by atoms with Crippen molar-refractivity contribution >= 4 is 11.9 Å². The van der Waals surface area contributed by atoms with E-state index in [4.69, 9.17) is 5.11 Å². The van der Waals surface area contributed by atoms with Gasteiger partial charge in [-0.2, -0.15) is 0 Å². The maximum absolute atomic E-state index is 12.1. The zero-order chi connectivity index (χ0) is 14.4. The maximum Gasteiger partial charge on any atom is 0.304 e. The third-order valence-electron chi connectivity index (χ3n) is 3.82. The summed E-state index contributed by atoms with van der Waals surface area (Å²) in [5, 5.41) is 11.9. The van der Waals surface area contributed by atoms with Crippen molar-refractivity contribution in [3.63, 3.8) is 0 Å². The molecule has 5 heteroatoms. The summed E-state index contributed by atoms with van der Waals surface area (Å²) in [6.07, 6.45) is 3.98. The van der Waals surface area contributed by atoms with Crippen LogP contribution in [0.25, 0.3) is 0 Å². The van der Waals surface area contributed by atoms with E-state index in [1.165, 1.54) is 0 Å². The first-order chi connectivity index (χ1) is 8.95. The smallest absolute Gasteiger partial charge is 0.304 e. The van der Waals surface area contributed by atoms with Gasteiger partial charge in [-0.15, -0.1) is 0 Å². The average molecular weight is 270 g/mol. The number of hydrogen-bond acceptors (Lipinski definition) is 3. The minimum Gasteiger partial charge on any atom is -0.481 e. The fourth-order valence-electron chi connectivity index (χ4n) is 2.81. The van der Waals surface area contributed by atoms with Crippen LogP contribution >= 0.6 is 0 Å². The number of nitrogens with zero attached hydrogens (tertiary/aromatic N) is 1. The van der Waals surface area contributed by atoms with Crippen LogP contribution < -0.4 is 5.32 Å². The Morgan fingerprint density at radius 3 is 2.68 bits per heavy atom.